The number of hydrogen-bond acceptors (Lipinski definition) is 6. The predicted octanol–water partition coefficient (Wildman–Crippen LogP) is 3.56. The maximum atomic E-state index is 6.50. The number of hydrazine groups is 1. The van der Waals surface area contributed by atoms with Crippen molar-refractivity contribution >= 4 is 33.4 Å². The first kappa shape index (κ1) is 22.7. The molecular weight excluding hydrogens is 410 g/mol. The fraction of sp³-hybridized carbons (Fsp3) is 0.318. The summed E-state index contributed by atoms with van der Waals surface area (Å²) in [5, 5.41) is 1.57. The highest BCUT2D eigenvalue weighted by Crippen LogP contribution is 2.61. The second-order valence-corrected chi connectivity index (χ2v) is 12.0. The molecule has 30 heavy (non-hydrogen) atoms. The fourth-order valence-corrected chi connectivity index (χ4v) is 7.66. The smallest absolute Gasteiger partial charge is 0.0805 e. The van der Waals surface area contributed by atoms with Gasteiger partial charge in [0.25, 0.3) is 0 Å². The van der Waals surface area contributed by atoms with Crippen molar-refractivity contribution in [1.29, 1.82) is 0 Å². The highest BCUT2D eigenvalue weighted by Gasteiger charge is 2.39. The minimum Gasteiger partial charge on any atom is -0.397 e. The first-order valence-corrected chi connectivity index (χ1v) is 13.9. The van der Waals surface area contributed by atoms with Crippen molar-refractivity contribution in [3.8, 4) is 0 Å². The first-order chi connectivity index (χ1) is 14.3. The zero-order valence-corrected chi connectivity index (χ0v) is 19.9. The minimum atomic E-state index is -1.55. The molecule has 0 bridgehead atoms. The summed E-state index contributed by atoms with van der Waals surface area (Å²) in [6, 6.07) is 7.53. The number of nitrogens with zero attached hydrogens (tertiary/aromatic N) is 3. The molecule has 3 rings (SSSR count). The lowest BCUT2D eigenvalue weighted by molar-refractivity contribution is 0.725. The Morgan fingerprint density at radius 1 is 1.33 bits per heavy atom. The zero-order chi connectivity index (χ0) is 21.9. The molecule has 3 atom stereocenters. The van der Waals surface area contributed by atoms with Gasteiger partial charge in [-0.2, -0.15) is 0 Å². The third-order valence-corrected chi connectivity index (χ3v) is 10.0. The van der Waals surface area contributed by atoms with Crippen molar-refractivity contribution in [2.45, 2.75) is 6.92 Å². The fourth-order valence-electron chi connectivity index (χ4n) is 3.59. The van der Waals surface area contributed by atoms with E-state index in [4.69, 9.17) is 17.3 Å². The molecule has 0 aromatic heterocycles. The molecule has 0 radical (unpaired) electrons. The third-order valence-electron chi connectivity index (χ3n) is 5.54. The van der Waals surface area contributed by atoms with Crippen molar-refractivity contribution in [2.75, 3.05) is 42.8 Å². The zero-order valence-electron chi connectivity index (χ0n) is 18.0. The van der Waals surface area contributed by atoms with Gasteiger partial charge in [0.05, 0.1) is 22.8 Å². The van der Waals surface area contributed by atoms with Crippen LogP contribution in [0, 0.1) is 5.92 Å². The lowest BCUT2D eigenvalue weighted by Gasteiger charge is -2.32. The summed E-state index contributed by atoms with van der Waals surface area (Å²) in [5.74, 6) is 6.86. The van der Waals surface area contributed by atoms with Crippen LogP contribution >= 0.6 is 15.8 Å². The van der Waals surface area contributed by atoms with Crippen LogP contribution in [0.4, 0.5) is 11.4 Å². The third kappa shape index (κ3) is 5.01. The van der Waals surface area contributed by atoms with E-state index in [1.807, 2.05) is 24.3 Å². The molecule has 8 heteroatoms. The molecule has 6 N–H and O–H groups in total. The van der Waals surface area contributed by atoms with Gasteiger partial charge in [0.15, 0.2) is 0 Å². The van der Waals surface area contributed by atoms with Gasteiger partial charge in [0.1, 0.15) is 0 Å². The van der Waals surface area contributed by atoms with Crippen LogP contribution < -0.4 is 22.3 Å². The molecule has 2 aliphatic heterocycles. The van der Waals surface area contributed by atoms with E-state index in [1.54, 1.807) is 11.1 Å². The lowest BCUT2D eigenvalue weighted by Crippen LogP contribution is -2.32. The number of allylic oxidation sites excluding steroid dienone is 3. The molecule has 0 aliphatic carbocycles. The summed E-state index contributed by atoms with van der Waals surface area (Å²) in [7, 11) is -0.756. The van der Waals surface area contributed by atoms with Gasteiger partial charge in [0, 0.05) is 38.8 Å². The van der Waals surface area contributed by atoms with E-state index in [0.29, 0.717) is 23.0 Å². The van der Waals surface area contributed by atoms with E-state index in [9.17, 15) is 0 Å². The summed E-state index contributed by atoms with van der Waals surface area (Å²) in [6.45, 7) is 10.7. The Morgan fingerprint density at radius 3 is 2.53 bits per heavy atom. The van der Waals surface area contributed by atoms with Crippen LogP contribution in [0.1, 0.15) is 6.92 Å². The van der Waals surface area contributed by atoms with Gasteiger partial charge in [-0.05, 0) is 43.0 Å². The summed E-state index contributed by atoms with van der Waals surface area (Å²) in [5.41, 5.74) is 16.4. The second kappa shape index (κ2) is 9.45. The first-order valence-electron chi connectivity index (χ1n) is 10.1. The van der Waals surface area contributed by atoms with Gasteiger partial charge in [0.2, 0.25) is 0 Å². The van der Waals surface area contributed by atoms with Crippen LogP contribution in [0.3, 0.4) is 0 Å². The Hall–Kier alpha value is -1.97. The van der Waals surface area contributed by atoms with Crippen LogP contribution in [0.15, 0.2) is 72.4 Å². The van der Waals surface area contributed by atoms with Crippen LogP contribution in [0.25, 0.3) is 0 Å². The Labute approximate surface area is 182 Å². The molecular formula is C22H34N6P2. The number of rotatable bonds is 11. The van der Waals surface area contributed by atoms with Gasteiger partial charge in [-0.1, -0.05) is 37.5 Å². The Kier molecular flexibility index (Phi) is 7.15. The summed E-state index contributed by atoms with van der Waals surface area (Å²) in [4.78, 5) is 0. The molecule has 6 nitrogen and oxygen atoms in total. The van der Waals surface area contributed by atoms with E-state index in [1.165, 1.54) is 5.57 Å². The van der Waals surface area contributed by atoms with E-state index in [-0.39, 0.29) is 0 Å². The van der Waals surface area contributed by atoms with Gasteiger partial charge >= 0.3 is 0 Å². The monoisotopic (exact) mass is 444 g/mol. The highest BCUT2D eigenvalue weighted by molar-refractivity contribution is 7.70. The molecule has 3 unspecified atom stereocenters. The number of hydrogen-bond donors (Lipinski definition) is 3. The standard InChI is InChI=1S/C22H34N6P2/c1-5-19(23)22(28(25)21-9-7-6-8-20(21)24)14-18(15-29-3)17(2)16-30(4,26-10-11-26)27-12-13-27/h5-11,14,17,29H,1,4,12-13,15-16,23-25H2,2-3H3/b18-14+,22-19-. The molecule has 2 heterocycles. The molecule has 1 aromatic rings. The number of para-hydroxylation sites is 2. The van der Waals surface area contributed by atoms with E-state index < -0.39 is 7.19 Å². The molecule has 1 saturated heterocycles. The minimum absolute atomic E-state index is 0.361. The average molecular weight is 445 g/mol. The maximum Gasteiger partial charge on any atom is 0.0805 e. The molecule has 1 aromatic carbocycles. The quantitative estimate of drug-likeness (QED) is 0.121. The Bertz CT molecular complexity index is 919. The van der Waals surface area contributed by atoms with Gasteiger partial charge in [-0.3, -0.25) is 9.68 Å². The van der Waals surface area contributed by atoms with Crippen molar-refractivity contribution in [3.63, 3.8) is 0 Å². The topological polar surface area (TPSA) is 87.3 Å². The number of benzene rings is 1. The Morgan fingerprint density at radius 2 is 2.00 bits per heavy atom. The van der Waals surface area contributed by atoms with Crippen molar-refractivity contribution in [1.82, 2.24) is 9.34 Å². The van der Waals surface area contributed by atoms with Gasteiger partial charge < -0.3 is 16.1 Å². The molecule has 2 aliphatic rings. The van der Waals surface area contributed by atoms with Crippen LogP contribution in [-0.2, 0) is 0 Å². The van der Waals surface area contributed by atoms with E-state index >= 15 is 0 Å². The van der Waals surface area contributed by atoms with Gasteiger partial charge in [-0.15, -0.1) is 8.58 Å². The maximum absolute atomic E-state index is 6.50. The lowest BCUT2D eigenvalue weighted by atomic mass is 10.0. The predicted molar refractivity (Wildman–Crippen MR) is 137 cm³/mol. The van der Waals surface area contributed by atoms with Crippen molar-refractivity contribution in [2.24, 2.45) is 17.5 Å². The van der Waals surface area contributed by atoms with Crippen LogP contribution in [-0.4, -0.2) is 47.7 Å². The molecule has 1 fully saturated rings. The van der Waals surface area contributed by atoms with Gasteiger partial charge in [-0.25, -0.2) is 5.84 Å². The SMILES string of the molecule is C=C/C(N)=C(\C=C(/CPC)C(C)CP(=C)(N1C=C1)N1CC1)N(N)c1ccccc1N. The largest absolute Gasteiger partial charge is 0.397 e. The van der Waals surface area contributed by atoms with Crippen molar-refractivity contribution in [3.05, 3.63) is 72.4 Å². The highest BCUT2D eigenvalue weighted by atomic mass is 31.2. The molecule has 0 spiro atoms. The molecule has 0 saturated carbocycles. The summed E-state index contributed by atoms with van der Waals surface area (Å²) < 4.78 is 4.85. The van der Waals surface area contributed by atoms with E-state index in [2.05, 4.69) is 54.3 Å². The van der Waals surface area contributed by atoms with Crippen LogP contribution in [0.5, 0.6) is 0 Å². The normalized spacial score (nSPS) is 20.1. The average Bonchev–Trinajstić information content (AvgIpc) is 3.62. The van der Waals surface area contributed by atoms with E-state index in [0.717, 1.165) is 39.7 Å². The second-order valence-electron chi connectivity index (χ2n) is 7.82. The Balaban J connectivity index is 1.92. The molecule has 162 valence electrons. The number of nitrogen functional groups attached to an aromatic ring is 1. The van der Waals surface area contributed by atoms with Crippen molar-refractivity contribution < 1.29 is 0 Å². The number of anilines is 2. The summed E-state index contributed by atoms with van der Waals surface area (Å²) in [6.07, 6.45) is 14.8. The molecule has 0 amide bonds. The summed E-state index contributed by atoms with van der Waals surface area (Å²) >= 11 is 0. The van der Waals surface area contributed by atoms with Crippen LogP contribution in [0.2, 0.25) is 0 Å². The number of nitrogens with two attached hydrogens (primary N) is 3.